The van der Waals surface area contributed by atoms with E-state index in [0.717, 1.165) is 0 Å². The summed E-state index contributed by atoms with van der Waals surface area (Å²) in [4.78, 5) is 8.00. The fourth-order valence-corrected chi connectivity index (χ4v) is 4.86. The van der Waals surface area contributed by atoms with Crippen molar-refractivity contribution in [1.29, 1.82) is 0 Å². The summed E-state index contributed by atoms with van der Waals surface area (Å²) in [5.74, 6) is -0.928. The first kappa shape index (κ1) is 23.4. The lowest BCUT2D eigenvalue weighted by atomic mass is 10.1. The Morgan fingerprint density at radius 3 is 2.50 bits per heavy atom. The van der Waals surface area contributed by atoms with Gasteiger partial charge in [-0.05, 0) is 32.0 Å². The lowest BCUT2D eigenvalue weighted by molar-refractivity contribution is -0.200. The normalized spacial score (nSPS) is 28.1. The summed E-state index contributed by atoms with van der Waals surface area (Å²) in [5, 5.41) is 4.15. The Morgan fingerprint density at radius 1 is 1.22 bits per heavy atom. The molecule has 2 aromatic rings. The smallest absolute Gasteiger partial charge is 0.282 e. The maximum Gasteiger partial charge on any atom is 0.282 e. The zero-order chi connectivity index (χ0) is 23.6. The van der Waals surface area contributed by atoms with E-state index in [9.17, 15) is 8.78 Å². The second kappa shape index (κ2) is 7.66. The van der Waals surface area contributed by atoms with Gasteiger partial charge in [-0.25, -0.2) is 23.4 Å². The molecule has 4 heterocycles. The monoisotopic (exact) mass is 471 g/mol. The van der Waals surface area contributed by atoms with Crippen molar-refractivity contribution in [1.82, 2.24) is 19.7 Å². The lowest BCUT2D eigenvalue weighted by Gasteiger charge is -2.37. The largest absolute Gasteiger partial charge is 0.414 e. The molecule has 0 aromatic carbocycles. The Kier molecular flexibility index (Phi) is 5.60. The number of alkyl halides is 2. The Bertz CT molecular complexity index is 1010. The Balaban J connectivity index is 1.69. The van der Waals surface area contributed by atoms with Gasteiger partial charge in [-0.1, -0.05) is 20.8 Å². The maximum absolute atomic E-state index is 13.7. The predicted octanol–water partition coefficient (Wildman–Crippen LogP) is 3.79. The number of nitrogens with zero attached hydrogens (tertiary/aromatic N) is 4. The van der Waals surface area contributed by atoms with Crippen molar-refractivity contribution < 1.29 is 27.4 Å². The van der Waals surface area contributed by atoms with Crippen LogP contribution < -0.4 is 5.73 Å². The fraction of sp³-hybridized carbons (Fsp3) is 0.750. The van der Waals surface area contributed by atoms with Crippen LogP contribution in [0.1, 0.15) is 53.0 Å². The molecular formula is C20H31F2N5O4Si. The van der Waals surface area contributed by atoms with Crippen molar-refractivity contribution in [2.24, 2.45) is 0 Å². The summed E-state index contributed by atoms with van der Waals surface area (Å²) in [7, 11) is -2.05. The third kappa shape index (κ3) is 3.92. The third-order valence-corrected chi connectivity index (χ3v) is 11.0. The minimum atomic E-state index is -2.85. The SMILES string of the molecule is CC1(C)O[C@@H]2[C@H](O1)[C@@H](CO[Si](C)(C)C(C)(C)C)O[C@H]2n1nc(C(F)F)c2c(N)ncnc21. The number of rotatable bonds is 5. The molecule has 178 valence electrons. The van der Waals surface area contributed by atoms with Crippen molar-refractivity contribution in [3.8, 4) is 0 Å². The maximum atomic E-state index is 13.7. The highest BCUT2D eigenvalue weighted by Gasteiger charge is 2.57. The number of hydrogen-bond acceptors (Lipinski definition) is 8. The van der Waals surface area contributed by atoms with Crippen LogP contribution in [0, 0.1) is 0 Å². The number of halogens is 2. The van der Waals surface area contributed by atoms with Crippen LogP contribution in [0.25, 0.3) is 11.0 Å². The van der Waals surface area contributed by atoms with Crippen molar-refractivity contribution in [2.75, 3.05) is 12.3 Å². The molecule has 2 aliphatic heterocycles. The minimum Gasteiger partial charge on any atom is -0.414 e. The molecule has 2 saturated heterocycles. The number of nitrogen functional groups attached to an aromatic ring is 1. The molecule has 2 N–H and O–H groups in total. The van der Waals surface area contributed by atoms with E-state index in [-0.39, 0.29) is 21.9 Å². The molecule has 0 saturated carbocycles. The molecule has 2 aliphatic rings. The van der Waals surface area contributed by atoms with Gasteiger partial charge in [0.1, 0.15) is 36.2 Å². The number of anilines is 1. The van der Waals surface area contributed by atoms with Crippen LogP contribution in [0.5, 0.6) is 0 Å². The van der Waals surface area contributed by atoms with Crippen LogP contribution >= 0.6 is 0 Å². The van der Waals surface area contributed by atoms with Gasteiger partial charge in [-0.2, -0.15) is 5.10 Å². The van der Waals surface area contributed by atoms with E-state index in [4.69, 9.17) is 24.4 Å². The number of ether oxygens (including phenoxy) is 3. The first-order chi connectivity index (χ1) is 14.7. The van der Waals surface area contributed by atoms with E-state index in [2.05, 4.69) is 48.9 Å². The van der Waals surface area contributed by atoms with Gasteiger partial charge in [0.05, 0.1) is 12.0 Å². The summed E-state index contributed by atoms with van der Waals surface area (Å²) < 4.78 is 53.6. The standard InChI is InChI=1S/C20H31F2N5O4Si/c1-19(2,3)32(6,7)28-8-10-13-14(31-20(4,5)30-13)18(29-10)27-17-11(12(26-27)15(21)22)16(23)24-9-25-17/h9-10,13-15,18H,8H2,1-7H3,(H2,23,24,25)/t10-,13-,14-,18-/m1/s1. The molecule has 12 heteroatoms. The zero-order valence-corrected chi connectivity index (χ0v) is 20.4. The van der Waals surface area contributed by atoms with Crippen molar-refractivity contribution in [3.05, 3.63) is 12.0 Å². The molecule has 0 aliphatic carbocycles. The van der Waals surface area contributed by atoms with Crippen LogP contribution in [0.3, 0.4) is 0 Å². The summed E-state index contributed by atoms with van der Waals surface area (Å²) in [6, 6.07) is 0. The molecule has 2 aromatic heterocycles. The molecule has 4 rings (SSSR count). The van der Waals surface area contributed by atoms with E-state index in [1.54, 1.807) is 13.8 Å². The Labute approximate surface area is 186 Å². The first-order valence-corrected chi connectivity index (χ1v) is 13.5. The minimum absolute atomic E-state index is 0.0156. The van der Waals surface area contributed by atoms with Crippen LogP contribution in [-0.2, 0) is 18.6 Å². The first-order valence-electron chi connectivity index (χ1n) is 10.6. The van der Waals surface area contributed by atoms with Gasteiger partial charge in [0, 0.05) is 0 Å². The van der Waals surface area contributed by atoms with Crippen molar-refractivity contribution >= 4 is 25.2 Å². The van der Waals surface area contributed by atoms with Gasteiger partial charge < -0.3 is 24.4 Å². The molecule has 2 fully saturated rings. The van der Waals surface area contributed by atoms with Gasteiger partial charge >= 0.3 is 0 Å². The average Bonchev–Trinajstić information content (AvgIpc) is 3.28. The topological polar surface area (TPSA) is 107 Å². The highest BCUT2D eigenvalue weighted by molar-refractivity contribution is 6.74. The highest BCUT2D eigenvalue weighted by atomic mass is 28.4. The van der Waals surface area contributed by atoms with E-state index in [1.165, 1.54) is 11.0 Å². The van der Waals surface area contributed by atoms with Crippen molar-refractivity contribution in [2.45, 2.75) is 89.5 Å². The molecule has 0 unspecified atom stereocenters. The van der Waals surface area contributed by atoms with Crippen LogP contribution in [0.15, 0.2) is 6.33 Å². The van der Waals surface area contributed by atoms with E-state index >= 15 is 0 Å². The summed E-state index contributed by atoms with van der Waals surface area (Å²) >= 11 is 0. The molecule has 32 heavy (non-hydrogen) atoms. The second-order valence-corrected chi connectivity index (χ2v) is 15.1. The molecular weight excluding hydrogens is 440 g/mol. The van der Waals surface area contributed by atoms with Gasteiger partial charge in [-0.15, -0.1) is 0 Å². The van der Waals surface area contributed by atoms with E-state index in [0.29, 0.717) is 6.61 Å². The Hall–Kier alpha value is -1.73. The highest BCUT2D eigenvalue weighted by Crippen LogP contribution is 2.45. The predicted molar refractivity (Wildman–Crippen MR) is 116 cm³/mol. The number of hydrogen-bond donors (Lipinski definition) is 1. The van der Waals surface area contributed by atoms with E-state index < -0.39 is 50.8 Å². The second-order valence-electron chi connectivity index (χ2n) is 10.3. The van der Waals surface area contributed by atoms with Crippen LogP contribution in [0.2, 0.25) is 18.1 Å². The van der Waals surface area contributed by atoms with Gasteiger partial charge in [-0.3, -0.25) is 0 Å². The Morgan fingerprint density at radius 2 is 1.88 bits per heavy atom. The van der Waals surface area contributed by atoms with Crippen molar-refractivity contribution in [3.63, 3.8) is 0 Å². The molecule has 4 atom stereocenters. The fourth-order valence-electron chi connectivity index (χ4n) is 3.85. The van der Waals surface area contributed by atoms with Crippen LogP contribution in [-0.4, -0.2) is 58.8 Å². The quantitative estimate of drug-likeness (QED) is 0.657. The molecule has 0 radical (unpaired) electrons. The van der Waals surface area contributed by atoms with Crippen LogP contribution in [0.4, 0.5) is 14.6 Å². The van der Waals surface area contributed by atoms with Gasteiger partial charge in [0.15, 0.2) is 26.0 Å². The zero-order valence-electron chi connectivity index (χ0n) is 19.4. The van der Waals surface area contributed by atoms with Gasteiger partial charge in [0.25, 0.3) is 6.43 Å². The summed E-state index contributed by atoms with van der Waals surface area (Å²) in [6.45, 7) is 14.7. The number of aromatic nitrogens is 4. The molecule has 9 nitrogen and oxygen atoms in total. The lowest BCUT2D eigenvalue weighted by Crippen LogP contribution is -2.44. The summed E-state index contributed by atoms with van der Waals surface area (Å²) in [6.07, 6.45) is -3.96. The molecule has 0 bridgehead atoms. The third-order valence-electron chi connectivity index (χ3n) is 6.53. The molecule has 0 spiro atoms. The number of fused-ring (bicyclic) bond motifs is 2. The summed E-state index contributed by atoms with van der Waals surface area (Å²) in [5.41, 5.74) is 5.54. The van der Waals surface area contributed by atoms with Gasteiger partial charge in [0.2, 0.25) is 0 Å². The average molecular weight is 472 g/mol. The molecule has 0 amide bonds. The van der Waals surface area contributed by atoms with E-state index in [1.807, 2.05) is 0 Å². The number of nitrogens with two attached hydrogens (primary N) is 1.